The zero-order chi connectivity index (χ0) is 14.7. The van der Waals surface area contributed by atoms with Gasteiger partial charge in [-0.2, -0.15) is 0 Å². The minimum absolute atomic E-state index is 0.246. The summed E-state index contributed by atoms with van der Waals surface area (Å²) >= 11 is 2.29. The van der Waals surface area contributed by atoms with Crippen LogP contribution in [0.5, 0.6) is 5.75 Å². The Morgan fingerprint density at radius 3 is 2.40 bits per heavy atom. The van der Waals surface area contributed by atoms with E-state index in [2.05, 4.69) is 51.7 Å². The van der Waals surface area contributed by atoms with E-state index in [4.69, 9.17) is 0 Å². The second-order valence-electron chi connectivity index (χ2n) is 4.83. The van der Waals surface area contributed by atoms with Gasteiger partial charge in [-0.05, 0) is 59.7 Å². The molecule has 0 unspecified atom stereocenters. The molecule has 0 aliphatic rings. The largest absolute Gasteiger partial charge is 0.508 e. The Labute approximate surface area is 132 Å². The molecule has 0 bridgehead atoms. The quantitative estimate of drug-likeness (QED) is 0.784. The van der Waals surface area contributed by atoms with E-state index >= 15 is 0 Å². The number of aromatic nitrogens is 2. The molecule has 5 heteroatoms. The van der Waals surface area contributed by atoms with Crippen molar-refractivity contribution < 1.29 is 5.11 Å². The predicted molar refractivity (Wildman–Crippen MR) is 90.1 cm³/mol. The molecule has 0 amide bonds. The first-order valence-corrected chi connectivity index (χ1v) is 7.71. The second kappa shape index (κ2) is 6.39. The highest BCUT2D eigenvalue weighted by molar-refractivity contribution is 14.1. The Morgan fingerprint density at radius 2 is 1.85 bits per heavy atom. The average Bonchev–Trinajstić information content (AvgIpc) is 2.42. The SMILES string of the molecule is CCNc1nc(-c2ccc(O)cc2)nc(C(C)C)c1I. The van der Waals surface area contributed by atoms with Crippen LogP contribution in [0.3, 0.4) is 0 Å². The summed E-state index contributed by atoms with van der Waals surface area (Å²) in [5.74, 6) is 2.13. The molecule has 20 heavy (non-hydrogen) atoms. The fraction of sp³-hybridized carbons (Fsp3) is 0.333. The number of anilines is 1. The molecule has 2 aromatic rings. The molecule has 0 saturated heterocycles. The monoisotopic (exact) mass is 383 g/mol. The number of benzene rings is 1. The molecule has 4 nitrogen and oxygen atoms in total. The van der Waals surface area contributed by atoms with Crippen LogP contribution in [0.25, 0.3) is 11.4 Å². The van der Waals surface area contributed by atoms with E-state index in [9.17, 15) is 5.11 Å². The maximum Gasteiger partial charge on any atom is 0.161 e. The zero-order valence-electron chi connectivity index (χ0n) is 11.8. The Hall–Kier alpha value is -1.37. The van der Waals surface area contributed by atoms with Crippen molar-refractivity contribution in [3.8, 4) is 17.1 Å². The van der Waals surface area contributed by atoms with Crippen LogP contribution in [0.4, 0.5) is 5.82 Å². The van der Waals surface area contributed by atoms with Crippen LogP contribution in [0.15, 0.2) is 24.3 Å². The third kappa shape index (κ3) is 3.20. The van der Waals surface area contributed by atoms with Crippen LogP contribution in [0.2, 0.25) is 0 Å². The van der Waals surface area contributed by atoms with Gasteiger partial charge in [0.05, 0.1) is 9.26 Å². The topological polar surface area (TPSA) is 58.0 Å². The highest BCUT2D eigenvalue weighted by Crippen LogP contribution is 2.28. The molecule has 1 heterocycles. The van der Waals surface area contributed by atoms with Gasteiger partial charge >= 0.3 is 0 Å². The van der Waals surface area contributed by atoms with Gasteiger partial charge in [-0.25, -0.2) is 9.97 Å². The lowest BCUT2D eigenvalue weighted by atomic mass is 10.1. The maximum absolute atomic E-state index is 9.37. The number of rotatable bonds is 4. The normalized spacial score (nSPS) is 10.8. The number of phenols is 1. The van der Waals surface area contributed by atoms with Crippen molar-refractivity contribution in [1.82, 2.24) is 9.97 Å². The first-order chi connectivity index (χ1) is 9.52. The van der Waals surface area contributed by atoms with Crippen LogP contribution in [-0.2, 0) is 0 Å². The number of hydrogen-bond acceptors (Lipinski definition) is 4. The molecule has 0 aliphatic carbocycles. The maximum atomic E-state index is 9.37. The van der Waals surface area contributed by atoms with E-state index in [1.54, 1.807) is 12.1 Å². The first kappa shape index (κ1) is 15.0. The van der Waals surface area contributed by atoms with Gasteiger partial charge in [-0.3, -0.25) is 0 Å². The molecular weight excluding hydrogens is 365 g/mol. The molecule has 0 saturated carbocycles. The summed E-state index contributed by atoms with van der Waals surface area (Å²) in [6, 6.07) is 6.96. The van der Waals surface area contributed by atoms with E-state index in [1.165, 1.54) is 0 Å². The summed E-state index contributed by atoms with van der Waals surface area (Å²) in [5, 5.41) is 12.7. The molecule has 106 valence electrons. The summed E-state index contributed by atoms with van der Waals surface area (Å²) in [5.41, 5.74) is 1.94. The van der Waals surface area contributed by atoms with E-state index in [0.29, 0.717) is 11.7 Å². The third-order valence-corrected chi connectivity index (χ3v) is 3.96. The molecule has 2 N–H and O–H groups in total. The Morgan fingerprint density at radius 1 is 1.20 bits per heavy atom. The van der Waals surface area contributed by atoms with Gasteiger partial charge in [-0.15, -0.1) is 0 Å². The molecule has 0 spiro atoms. The fourth-order valence-electron chi connectivity index (χ4n) is 1.87. The summed E-state index contributed by atoms with van der Waals surface area (Å²) < 4.78 is 1.07. The Kier molecular flexibility index (Phi) is 4.80. The number of halogens is 1. The van der Waals surface area contributed by atoms with Crippen molar-refractivity contribution in [3.05, 3.63) is 33.5 Å². The second-order valence-corrected chi connectivity index (χ2v) is 5.91. The van der Waals surface area contributed by atoms with Gasteiger partial charge in [0.15, 0.2) is 5.82 Å². The van der Waals surface area contributed by atoms with Crippen molar-refractivity contribution in [3.63, 3.8) is 0 Å². The number of phenolic OH excluding ortho intramolecular Hbond substituents is 1. The van der Waals surface area contributed by atoms with Crippen molar-refractivity contribution in [1.29, 1.82) is 0 Å². The summed E-state index contributed by atoms with van der Waals surface area (Å²) in [6.07, 6.45) is 0. The standard InChI is InChI=1S/C15H18IN3O/c1-4-17-15-12(16)13(9(2)3)18-14(19-15)10-5-7-11(20)8-6-10/h5-9,20H,4H2,1-3H3,(H,17,18,19). The minimum atomic E-state index is 0.246. The van der Waals surface area contributed by atoms with Crippen molar-refractivity contribution in [2.45, 2.75) is 26.7 Å². The lowest BCUT2D eigenvalue weighted by molar-refractivity contribution is 0.475. The summed E-state index contributed by atoms with van der Waals surface area (Å²) in [7, 11) is 0. The molecular formula is C15H18IN3O. The van der Waals surface area contributed by atoms with Crippen LogP contribution in [0, 0.1) is 3.57 Å². The van der Waals surface area contributed by atoms with Crippen LogP contribution < -0.4 is 5.32 Å². The molecule has 1 aromatic carbocycles. The molecule has 0 atom stereocenters. The van der Waals surface area contributed by atoms with Crippen LogP contribution in [0.1, 0.15) is 32.4 Å². The van der Waals surface area contributed by atoms with Crippen molar-refractivity contribution in [2.75, 3.05) is 11.9 Å². The molecule has 0 radical (unpaired) electrons. The van der Waals surface area contributed by atoms with Crippen molar-refractivity contribution >= 4 is 28.4 Å². The number of aromatic hydroxyl groups is 1. The van der Waals surface area contributed by atoms with E-state index in [-0.39, 0.29) is 5.75 Å². The zero-order valence-corrected chi connectivity index (χ0v) is 14.0. The van der Waals surface area contributed by atoms with Gasteiger partial charge < -0.3 is 10.4 Å². The number of hydrogen-bond donors (Lipinski definition) is 2. The van der Waals surface area contributed by atoms with Gasteiger partial charge in [-0.1, -0.05) is 13.8 Å². The Bertz CT molecular complexity index is 597. The molecule has 0 fully saturated rings. The molecule has 0 aliphatic heterocycles. The third-order valence-electron chi connectivity index (χ3n) is 2.89. The number of nitrogens with one attached hydrogen (secondary N) is 1. The van der Waals surface area contributed by atoms with E-state index in [1.807, 2.05) is 19.1 Å². The highest BCUT2D eigenvalue weighted by atomic mass is 127. The Balaban J connectivity index is 2.55. The highest BCUT2D eigenvalue weighted by Gasteiger charge is 2.15. The minimum Gasteiger partial charge on any atom is -0.508 e. The van der Waals surface area contributed by atoms with Crippen LogP contribution >= 0.6 is 22.6 Å². The summed E-state index contributed by atoms with van der Waals surface area (Å²) in [4.78, 5) is 9.27. The fourth-order valence-corrected chi connectivity index (χ4v) is 2.93. The van der Waals surface area contributed by atoms with E-state index < -0.39 is 0 Å². The number of nitrogens with zero attached hydrogens (tertiary/aromatic N) is 2. The first-order valence-electron chi connectivity index (χ1n) is 6.63. The lowest BCUT2D eigenvalue weighted by Gasteiger charge is -2.14. The summed E-state index contributed by atoms with van der Waals surface area (Å²) in [6.45, 7) is 7.12. The molecule has 1 aromatic heterocycles. The van der Waals surface area contributed by atoms with Crippen LogP contribution in [-0.4, -0.2) is 21.6 Å². The van der Waals surface area contributed by atoms with Gasteiger partial charge in [0.1, 0.15) is 11.6 Å². The average molecular weight is 383 g/mol. The lowest BCUT2D eigenvalue weighted by Crippen LogP contribution is -2.09. The van der Waals surface area contributed by atoms with E-state index in [0.717, 1.165) is 27.2 Å². The van der Waals surface area contributed by atoms with Gasteiger partial charge in [0.25, 0.3) is 0 Å². The van der Waals surface area contributed by atoms with Gasteiger partial charge in [0, 0.05) is 12.1 Å². The van der Waals surface area contributed by atoms with Crippen molar-refractivity contribution in [2.24, 2.45) is 0 Å². The van der Waals surface area contributed by atoms with Gasteiger partial charge in [0.2, 0.25) is 0 Å². The predicted octanol–water partition coefficient (Wildman–Crippen LogP) is 4.01. The smallest absolute Gasteiger partial charge is 0.161 e. The molecule has 2 rings (SSSR count).